The molecule has 0 unspecified atom stereocenters. The van der Waals surface area contributed by atoms with Gasteiger partial charge in [-0.2, -0.15) is 0 Å². The van der Waals surface area contributed by atoms with Crippen LogP contribution >= 0.6 is 12.4 Å². The molecule has 0 atom stereocenters. The monoisotopic (exact) mass is 203 g/mol. The van der Waals surface area contributed by atoms with E-state index in [1.165, 1.54) is 18.3 Å². The van der Waals surface area contributed by atoms with Crippen LogP contribution < -0.4 is 0 Å². The number of aromatic hydroxyl groups is 1. The molecule has 0 aliphatic carbocycles. The molecule has 13 heavy (non-hydrogen) atoms. The quantitative estimate of drug-likeness (QED) is 0.623. The van der Waals surface area contributed by atoms with Crippen LogP contribution in [0.15, 0.2) is 18.8 Å². The van der Waals surface area contributed by atoms with Crippen LogP contribution in [0.4, 0.5) is 0 Å². The van der Waals surface area contributed by atoms with Crippen molar-refractivity contribution in [3.8, 4) is 5.75 Å². The van der Waals surface area contributed by atoms with Crippen molar-refractivity contribution in [1.82, 2.24) is 4.98 Å². The van der Waals surface area contributed by atoms with E-state index in [1.54, 1.807) is 0 Å². The molecule has 4 nitrogen and oxygen atoms in total. The Morgan fingerprint density at radius 3 is 2.46 bits per heavy atom. The van der Waals surface area contributed by atoms with Crippen LogP contribution in [0.3, 0.4) is 0 Å². The van der Waals surface area contributed by atoms with Gasteiger partial charge in [-0.3, -0.25) is 4.98 Å². The van der Waals surface area contributed by atoms with E-state index in [0.717, 1.165) is 0 Å². The highest BCUT2D eigenvalue weighted by Crippen LogP contribution is 2.19. The van der Waals surface area contributed by atoms with Gasteiger partial charge in [0.2, 0.25) is 0 Å². The lowest BCUT2D eigenvalue weighted by Gasteiger charge is -2.04. The minimum Gasteiger partial charge on any atom is -0.506 e. The molecule has 1 heterocycles. The third-order valence-corrected chi connectivity index (χ3v) is 1.41. The summed E-state index contributed by atoms with van der Waals surface area (Å²) < 4.78 is 0. The second-order valence-corrected chi connectivity index (χ2v) is 2.25. The summed E-state index contributed by atoms with van der Waals surface area (Å²) in [4.78, 5) is 3.73. The third-order valence-electron chi connectivity index (χ3n) is 1.41. The summed E-state index contributed by atoms with van der Waals surface area (Å²) in [6, 6.07) is 1.23. The fraction of sp³-hybridized carbons (Fsp3) is 0.125. The lowest BCUT2D eigenvalue weighted by Crippen LogP contribution is -1.96. The average molecular weight is 204 g/mol. The van der Waals surface area contributed by atoms with Gasteiger partial charge in [-0.25, -0.2) is 0 Å². The molecular formula is C8H10ClNO3. The zero-order chi connectivity index (χ0) is 9.14. The molecule has 0 saturated heterocycles. The SMILES string of the molecule is C=Cc1ncc(C(O)O)cc1O.Cl. The van der Waals surface area contributed by atoms with E-state index in [-0.39, 0.29) is 23.7 Å². The van der Waals surface area contributed by atoms with Gasteiger partial charge < -0.3 is 15.3 Å². The van der Waals surface area contributed by atoms with Gasteiger partial charge in [0.15, 0.2) is 6.29 Å². The second kappa shape index (κ2) is 4.81. The van der Waals surface area contributed by atoms with Crippen molar-refractivity contribution in [2.75, 3.05) is 0 Å². The number of hydrogen-bond donors (Lipinski definition) is 3. The minimum atomic E-state index is -1.61. The molecule has 0 amide bonds. The fourth-order valence-corrected chi connectivity index (χ4v) is 0.778. The van der Waals surface area contributed by atoms with Crippen LogP contribution in [0, 0.1) is 0 Å². The van der Waals surface area contributed by atoms with E-state index in [2.05, 4.69) is 11.6 Å². The van der Waals surface area contributed by atoms with Crippen molar-refractivity contribution < 1.29 is 15.3 Å². The number of rotatable bonds is 2. The average Bonchev–Trinajstić information content (AvgIpc) is 2.04. The van der Waals surface area contributed by atoms with E-state index < -0.39 is 6.29 Å². The first kappa shape index (κ1) is 11.9. The predicted molar refractivity (Wildman–Crippen MR) is 50.4 cm³/mol. The number of aliphatic hydroxyl groups is 2. The maximum Gasteiger partial charge on any atom is 0.180 e. The molecule has 72 valence electrons. The molecule has 1 aromatic heterocycles. The number of pyridine rings is 1. The predicted octanol–water partition coefficient (Wildman–Crippen LogP) is 0.835. The first-order chi connectivity index (χ1) is 5.65. The van der Waals surface area contributed by atoms with Crippen LogP contribution in [0.1, 0.15) is 17.5 Å². The summed E-state index contributed by atoms with van der Waals surface area (Å²) in [5, 5.41) is 26.6. The molecule has 1 rings (SSSR count). The largest absolute Gasteiger partial charge is 0.506 e. The van der Waals surface area contributed by atoms with E-state index >= 15 is 0 Å². The number of halogens is 1. The molecule has 0 fully saturated rings. The van der Waals surface area contributed by atoms with Crippen molar-refractivity contribution in [1.29, 1.82) is 0 Å². The van der Waals surface area contributed by atoms with E-state index in [4.69, 9.17) is 10.2 Å². The van der Waals surface area contributed by atoms with Gasteiger partial charge in [-0.05, 0) is 12.1 Å². The summed E-state index contributed by atoms with van der Waals surface area (Å²) in [6.07, 6.45) is 1.03. The Labute approximate surface area is 81.6 Å². The van der Waals surface area contributed by atoms with Crippen molar-refractivity contribution in [3.05, 3.63) is 30.1 Å². The van der Waals surface area contributed by atoms with Gasteiger partial charge in [0.25, 0.3) is 0 Å². The highest BCUT2D eigenvalue weighted by atomic mass is 35.5. The van der Waals surface area contributed by atoms with E-state index in [0.29, 0.717) is 5.69 Å². The Balaban J connectivity index is 0.00000144. The zero-order valence-corrected chi connectivity index (χ0v) is 7.53. The molecule has 3 N–H and O–H groups in total. The molecule has 1 aromatic rings. The molecule has 5 heteroatoms. The Kier molecular flexibility index (Phi) is 4.40. The van der Waals surface area contributed by atoms with Gasteiger partial charge in [0.1, 0.15) is 11.4 Å². The third kappa shape index (κ3) is 2.69. The summed E-state index contributed by atoms with van der Waals surface area (Å²) in [6.45, 7) is 3.42. The number of aromatic nitrogens is 1. The number of aliphatic hydroxyl groups excluding tert-OH is 1. The van der Waals surface area contributed by atoms with Crippen molar-refractivity contribution in [2.45, 2.75) is 6.29 Å². The van der Waals surface area contributed by atoms with Gasteiger partial charge in [0.05, 0.1) is 0 Å². The molecule has 0 aliphatic heterocycles. The normalized spacial score (nSPS) is 9.46. The van der Waals surface area contributed by atoms with Gasteiger partial charge in [-0.1, -0.05) is 6.58 Å². The topological polar surface area (TPSA) is 73.6 Å². The molecule has 0 bridgehead atoms. The van der Waals surface area contributed by atoms with Crippen LogP contribution in [0.2, 0.25) is 0 Å². The van der Waals surface area contributed by atoms with Gasteiger partial charge in [-0.15, -0.1) is 12.4 Å². The molecular weight excluding hydrogens is 194 g/mol. The summed E-state index contributed by atoms with van der Waals surface area (Å²) in [7, 11) is 0. The summed E-state index contributed by atoms with van der Waals surface area (Å²) >= 11 is 0. The molecule has 0 radical (unpaired) electrons. The van der Waals surface area contributed by atoms with Crippen molar-refractivity contribution >= 4 is 18.5 Å². The first-order valence-corrected chi connectivity index (χ1v) is 3.32. The smallest absolute Gasteiger partial charge is 0.180 e. The van der Waals surface area contributed by atoms with Gasteiger partial charge in [0, 0.05) is 11.8 Å². The second-order valence-electron chi connectivity index (χ2n) is 2.25. The molecule has 0 saturated carbocycles. The summed E-state index contributed by atoms with van der Waals surface area (Å²) in [5.41, 5.74) is 0.470. The van der Waals surface area contributed by atoms with Crippen LogP contribution in [0.25, 0.3) is 6.08 Å². The van der Waals surface area contributed by atoms with Gasteiger partial charge >= 0.3 is 0 Å². The first-order valence-electron chi connectivity index (χ1n) is 3.32. The Morgan fingerprint density at radius 1 is 1.46 bits per heavy atom. The maximum atomic E-state index is 9.18. The van der Waals surface area contributed by atoms with Crippen molar-refractivity contribution in [3.63, 3.8) is 0 Å². The maximum absolute atomic E-state index is 9.18. The Bertz CT molecular complexity index is 301. The number of nitrogens with zero attached hydrogens (tertiary/aromatic N) is 1. The summed E-state index contributed by atoms with van der Waals surface area (Å²) in [5.74, 6) is -0.115. The molecule has 0 aromatic carbocycles. The highest BCUT2D eigenvalue weighted by molar-refractivity contribution is 5.85. The van der Waals surface area contributed by atoms with Crippen molar-refractivity contribution in [2.24, 2.45) is 0 Å². The standard InChI is InChI=1S/C8H9NO3.ClH/c1-2-6-7(10)3-5(4-9-6)8(11)12;/h2-4,8,10-12H,1H2;1H. The minimum absolute atomic E-state index is 0. The van der Waals surface area contributed by atoms with E-state index in [1.807, 2.05) is 0 Å². The highest BCUT2D eigenvalue weighted by Gasteiger charge is 2.05. The zero-order valence-electron chi connectivity index (χ0n) is 6.71. The van der Waals surface area contributed by atoms with E-state index in [9.17, 15) is 5.11 Å². The number of hydrogen-bond acceptors (Lipinski definition) is 4. The fourth-order valence-electron chi connectivity index (χ4n) is 0.778. The van der Waals surface area contributed by atoms with Crippen LogP contribution in [0.5, 0.6) is 5.75 Å². The lowest BCUT2D eigenvalue weighted by atomic mass is 10.2. The Hall–Kier alpha value is -1.10. The van der Waals surface area contributed by atoms with Crippen LogP contribution in [-0.2, 0) is 0 Å². The molecule has 0 spiro atoms. The Morgan fingerprint density at radius 2 is 2.08 bits per heavy atom. The lowest BCUT2D eigenvalue weighted by molar-refractivity contribution is -0.0428. The van der Waals surface area contributed by atoms with Crippen LogP contribution in [-0.4, -0.2) is 20.3 Å². The molecule has 0 aliphatic rings.